The molecule has 1 unspecified atom stereocenters. The average molecular weight is 311 g/mol. The van der Waals surface area contributed by atoms with Gasteiger partial charge >= 0.3 is 0 Å². The predicted octanol–water partition coefficient (Wildman–Crippen LogP) is 1.46. The van der Waals surface area contributed by atoms with Crippen molar-refractivity contribution in [1.29, 1.82) is 0 Å². The van der Waals surface area contributed by atoms with Crippen LogP contribution in [0.25, 0.3) is 0 Å². The Bertz CT molecular complexity index is 347. The lowest BCUT2D eigenvalue weighted by molar-refractivity contribution is -0.131. The Kier molecular flexibility index (Phi) is 7.12. The van der Waals surface area contributed by atoms with Crippen molar-refractivity contribution in [2.75, 3.05) is 39.3 Å². The van der Waals surface area contributed by atoms with Gasteiger partial charge in [-0.1, -0.05) is 20.3 Å². The zero-order valence-corrected chi connectivity index (χ0v) is 14.3. The molecule has 1 aliphatic carbocycles. The molecule has 3 atom stereocenters. The molecule has 0 aromatic rings. The fraction of sp³-hybridized carbons (Fsp3) is 0.941. The smallest absolute Gasteiger partial charge is 0.222 e. The van der Waals surface area contributed by atoms with Gasteiger partial charge in [0.25, 0.3) is 0 Å². The molecule has 0 aromatic heterocycles. The second-order valence-corrected chi connectivity index (χ2v) is 6.71. The molecule has 1 saturated heterocycles. The van der Waals surface area contributed by atoms with Crippen LogP contribution in [0.4, 0.5) is 0 Å². The number of likely N-dealkylation sites (N-methyl/N-ethyl adjacent to an activating group) is 1. The van der Waals surface area contributed by atoms with Crippen molar-refractivity contribution in [1.82, 2.24) is 9.80 Å². The number of hydrogen-bond donors (Lipinski definition) is 1. The Labute approximate surface area is 135 Å². The van der Waals surface area contributed by atoms with E-state index in [0.29, 0.717) is 12.3 Å². The van der Waals surface area contributed by atoms with Crippen LogP contribution < -0.4 is 5.73 Å². The molecule has 128 valence electrons. The van der Waals surface area contributed by atoms with E-state index in [9.17, 15) is 4.79 Å². The third-order valence-electron chi connectivity index (χ3n) is 5.31. The molecular weight excluding hydrogens is 278 g/mol. The summed E-state index contributed by atoms with van der Waals surface area (Å²) in [6.45, 7) is 9.83. The first kappa shape index (κ1) is 17.7. The van der Waals surface area contributed by atoms with Crippen LogP contribution in [0.15, 0.2) is 0 Å². The largest absolute Gasteiger partial charge is 0.375 e. The third-order valence-corrected chi connectivity index (χ3v) is 5.31. The number of rotatable bonds is 8. The number of likely N-dealkylation sites (tertiary alicyclic amines) is 1. The summed E-state index contributed by atoms with van der Waals surface area (Å²) in [5.41, 5.74) is 6.07. The first-order chi connectivity index (χ1) is 10.6. The zero-order chi connectivity index (χ0) is 15.9. The molecule has 5 nitrogen and oxygen atoms in total. The van der Waals surface area contributed by atoms with Gasteiger partial charge in [0.1, 0.15) is 0 Å². The summed E-state index contributed by atoms with van der Waals surface area (Å²) < 4.78 is 5.95. The van der Waals surface area contributed by atoms with Gasteiger partial charge in [0.05, 0.1) is 12.7 Å². The van der Waals surface area contributed by atoms with Gasteiger partial charge in [-0.25, -0.2) is 0 Å². The maximum absolute atomic E-state index is 12.4. The maximum Gasteiger partial charge on any atom is 0.222 e. The van der Waals surface area contributed by atoms with Crippen LogP contribution in [0.5, 0.6) is 0 Å². The molecule has 2 fully saturated rings. The molecule has 1 amide bonds. The molecule has 1 saturated carbocycles. The Morgan fingerprint density at radius 3 is 2.68 bits per heavy atom. The lowest BCUT2D eigenvalue weighted by Gasteiger charge is -2.22. The summed E-state index contributed by atoms with van der Waals surface area (Å²) in [7, 11) is 0. The molecule has 1 heterocycles. The van der Waals surface area contributed by atoms with Crippen LogP contribution in [-0.4, -0.2) is 67.2 Å². The quantitative estimate of drug-likeness (QED) is 0.737. The van der Waals surface area contributed by atoms with Crippen LogP contribution in [0.2, 0.25) is 0 Å². The summed E-state index contributed by atoms with van der Waals surface area (Å²) in [6.07, 6.45) is 5.20. The molecule has 0 radical (unpaired) electrons. The molecule has 0 bridgehead atoms. The lowest BCUT2D eigenvalue weighted by atomic mass is 9.99. The molecular formula is C17H33N3O2. The highest BCUT2D eigenvalue weighted by Crippen LogP contribution is 2.28. The highest BCUT2D eigenvalue weighted by molar-refractivity contribution is 5.76. The summed E-state index contributed by atoms with van der Waals surface area (Å²) in [5, 5.41) is 0. The minimum Gasteiger partial charge on any atom is -0.375 e. The fourth-order valence-electron chi connectivity index (χ4n) is 3.65. The van der Waals surface area contributed by atoms with E-state index in [1.807, 2.05) is 4.90 Å². The number of carbonyl (C=O) groups is 1. The zero-order valence-electron chi connectivity index (χ0n) is 14.3. The Balaban J connectivity index is 1.65. The Morgan fingerprint density at radius 2 is 2.05 bits per heavy atom. The van der Waals surface area contributed by atoms with Crippen LogP contribution in [0.1, 0.15) is 46.0 Å². The highest BCUT2D eigenvalue weighted by Gasteiger charge is 2.31. The number of hydrogen-bond acceptors (Lipinski definition) is 4. The SMILES string of the molecule is CCN(CC)CCOC1CCN(C(=O)C[C@@H]2CCC[C@H]2N)C1. The van der Waals surface area contributed by atoms with E-state index < -0.39 is 0 Å². The van der Waals surface area contributed by atoms with Crippen LogP contribution in [0.3, 0.4) is 0 Å². The molecule has 2 aliphatic rings. The van der Waals surface area contributed by atoms with Crippen molar-refractivity contribution in [2.45, 2.75) is 58.1 Å². The van der Waals surface area contributed by atoms with Gasteiger partial charge < -0.3 is 20.3 Å². The van der Waals surface area contributed by atoms with Gasteiger partial charge in [-0.15, -0.1) is 0 Å². The highest BCUT2D eigenvalue weighted by atomic mass is 16.5. The van der Waals surface area contributed by atoms with Gasteiger partial charge in [-0.3, -0.25) is 4.79 Å². The van der Waals surface area contributed by atoms with Gasteiger partial charge in [0.2, 0.25) is 5.91 Å². The number of carbonyl (C=O) groups excluding carboxylic acids is 1. The van der Waals surface area contributed by atoms with Gasteiger partial charge in [0, 0.05) is 32.1 Å². The average Bonchev–Trinajstić information content (AvgIpc) is 3.14. The molecule has 0 spiro atoms. The minimum absolute atomic E-state index is 0.219. The number of ether oxygens (including phenoxy) is 1. The normalized spacial score (nSPS) is 28.7. The number of nitrogens with two attached hydrogens (primary N) is 1. The first-order valence-electron chi connectivity index (χ1n) is 9.01. The van der Waals surface area contributed by atoms with E-state index >= 15 is 0 Å². The monoisotopic (exact) mass is 311 g/mol. The first-order valence-corrected chi connectivity index (χ1v) is 9.01. The van der Waals surface area contributed by atoms with Crippen LogP contribution >= 0.6 is 0 Å². The van der Waals surface area contributed by atoms with Crippen molar-refractivity contribution in [3.05, 3.63) is 0 Å². The van der Waals surface area contributed by atoms with Crippen LogP contribution in [0, 0.1) is 5.92 Å². The molecule has 22 heavy (non-hydrogen) atoms. The van der Waals surface area contributed by atoms with Crippen molar-refractivity contribution in [3.63, 3.8) is 0 Å². The Morgan fingerprint density at radius 1 is 1.27 bits per heavy atom. The molecule has 0 aromatic carbocycles. The molecule has 5 heteroatoms. The summed E-state index contributed by atoms with van der Waals surface area (Å²) >= 11 is 0. The molecule has 2 rings (SSSR count). The number of amides is 1. The minimum atomic E-state index is 0.219. The summed E-state index contributed by atoms with van der Waals surface area (Å²) in [6, 6.07) is 0.229. The summed E-state index contributed by atoms with van der Waals surface area (Å²) in [4.78, 5) is 16.7. The van der Waals surface area contributed by atoms with Gasteiger partial charge in [-0.05, 0) is 38.3 Å². The fourth-order valence-corrected chi connectivity index (χ4v) is 3.65. The van der Waals surface area contributed by atoms with E-state index in [1.54, 1.807) is 0 Å². The standard InChI is InChI=1S/C17H33N3O2/c1-3-19(4-2)10-11-22-15-8-9-20(13-15)17(21)12-14-6-5-7-16(14)18/h14-16H,3-13,18H2,1-2H3/t14-,15?,16+/m0/s1. The van der Waals surface area contributed by atoms with Crippen LogP contribution in [-0.2, 0) is 9.53 Å². The van der Waals surface area contributed by atoms with Crippen molar-refractivity contribution in [2.24, 2.45) is 11.7 Å². The van der Waals surface area contributed by atoms with E-state index in [2.05, 4.69) is 18.7 Å². The van der Waals surface area contributed by atoms with E-state index in [4.69, 9.17) is 10.5 Å². The Hall–Kier alpha value is -0.650. The van der Waals surface area contributed by atoms with Gasteiger partial charge in [0.15, 0.2) is 0 Å². The topological polar surface area (TPSA) is 58.8 Å². The maximum atomic E-state index is 12.4. The van der Waals surface area contributed by atoms with Crippen molar-refractivity contribution < 1.29 is 9.53 Å². The number of nitrogens with zero attached hydrogens (tertiary/aromatic N) is 2. The summed E-state index contributed by atoms with van der Waals surface area (Å²) in [5.74, 6) is 0.673. The van der Waals surface area contributed by atoms with E-state index in [-0.39, 0.29) is 18.1 Å². The predicted molar refractivity (Wildman–Crippen MR) is 88.7 cm³/mol. The second kappa shape index (κ2) is 8.85. The van der Waals surface area contributed by atoms with E-state index in [0.717, 1.165) is 58.6 Å². The van der Waals surface area contributed by atoms with Crippen molar-refractivity contribution in [3.8, 4) is 0 Å². The second-order valence-electron chi connectivity index (χ2n) is 6.71. The van der Waals surface area contributed by atoms with E-state index in [1.165, 1.54) is 6.42 Å². The third kappa shape index (κ3) is 4.93. The lowest BCUT2D eigenvalue weighted by Crippen LogP contribution is -2.35. The molecule has 1 aliphatic heterocycles. The van der Waals surface area contributed by atoms with Crippen molar-refractivity contribution >= 4 is 5.91 Å². The van der Waals surface area contributed by atoms with Gasteiger partial charge in [-0.2, -0.15) is 0 Å². The molecule has 2 N–H and O–H groups in total.